The van der Waals surface area contributed by atoms with E-state index in [0.29, 0.717) is 0 Å². The second-order valence-electron chi connectivity index (χ2n) is 4.91. The molecule has 0 radical (unpaired) electrons. The van der Waals surface area contributed by atoms with Crippen molar-refractivity contribution in [1.29, 1.82) is 0 Å². The number of hydrogen-bond acceptors (Lipinski definition) is 5. The van der Waals surface area contributed by atoms with Gasteiger partial charge in [-0.15, -0.1) is 0 Å². The van der Waals surface area contributed by atoms with Gasteiger partial charge in [0.2, 0.25) is 0 Å². The van der Waals surface area contributed by atoms with Crippen LogP contribution < -0.4 is 11.1 Å². The average Bonchev–Trinajstić information content (AvgIpc) is 2.89. The van der Waals surface area contributed by atoms with Gasteiger partial charge >= 0.3 is 11.8 Å². The summed E-state index contributed by atoms with van der Waals surface area (Å²) in [7, 11) is 0. The predicted molar refractivity (Wildman–Crippen MR) is 74.5 cm³/mol. The second kappa shape index (κ2) is 6.74. The van der Waals surface area contributed by atoms with Gasteiger partial charge in [-0.1, -0.05) is 49.3 Å². The minimum Gasteiger partial charge on any atom is -0.445 e. The lowest BCUT2D eigenvalue weighted by Crippen LogP contribution is -2.33. The smallest absolute Gasteiger partial charge is 0.438 e. The number of carbonyl (C=O) groups excluding carboxylic acids is 1. The largest absolute Gasteiger partial charge is 0.445 e. The van der Waals surface area contributed by atoms with Crippen molar-refractivity contribution >= 4 is 6.09 Å². The normalized spacial score (nSPS) is 12.1. The highest BCUT2D eigenvalue weighted by molar-refractivity contribution is 5.67. The predicted octanol–water partition coefficient (Wildman–Crippen LogP) is 1.99. The molecule has 1 heterocycles. The number of nitrogens with zero attached hydrogens (tertiary/aromatic N) is 1. The molecule has 112 valence electrons. The molecule has 1 aromatic heterocycles. The number of ether oxygens (including phenoxy) is 1. The maximum absolute atomic E-state index is 11.8. The second-order valence-corrected chi connectivity index (χ2v) is 4.91. The van der Waals surface area contributed by atoms with Crippen LogP contribution >= 0.6 is 0 Å². The first-order chi connectivity index (χ1) is 10.1. The Morgan fingerprint density at radius 3 is 2.67 bits per heavy atom. The highest BCUT2D eigenvalue weighted by atomic mass is 16.5. The number of aromatic amines is 1. The number of hydrogen-bond donors (Lipinski definition) is 2. The molecule has 0 aliphatic carbocycles. The van der Waals surface area contributed by atoms with Crippen molar-refractivity contribution in [3.63, 3.8) is 0 Å². The molecule has 2 aromatic rings. The Kier molecular flexibility index (Phi) is 4.76. The van der Waals surface area contributed by atoms with E-state index in [1.54, 1.807) is 0 Å². The molecule has 7 heteroatoms. The van der Waals surface area contributed by atoms with Gasteiger partial charge in [0.15, 0.2) is 5.82 Å². The monoisotopic (exact) mass is 291 g/mol. The molecule has 0 fully saturated rings. The number of carbonyl (C=O) groups is 1. The van der Waals surface area contributed by atoms with Gasteiger partial charge in [0.1, 0.15) is 6.61 Å². The lowest BCUT2D eigenvalue weighted by Gasteiger charge is -2.18. The minimum atomic E-state index is -0.657. The molecule has 21 heavy (non-hydrogen) atoms. The zero-order chi connectivity index (χ0) is 15.2. The fraction of sp³-hybridized carbons (Fsp3) is 0.357. The topological polar surface area (TPSA) is 97.2 Å². The zero-order valence-corrected chi connectivity index (χ0v) is 11.8. The standard InChI is InChI=1S/C14H17N3O4/c1-9(2)11(12-16-14(19)21-17-12)15-13(18)20-8-10-6-4-3-5-7-10/h3-7,9,11H,8H2,1-2H3,(H,15,18)(H,16,17,19)/t11-/m0/s1. The first-order valence-electron chi connectivity index (χ1n) is 6.59. The number of nitrogens with one attached hydrogen (secondary N) is 2. The van der Waals surface area contributed by atoms with Crippen molar-refractivity contribution < 1.29 is 14.1 Å². The Bertz CT molecular complexity index is 633. The zero-order valence-electron chi connectivity index (χ0n) is 11.8. The molecule has 1 atom stereocenters. The quantitative estimate of drug-likeness (QED) is 0.878. The van der Waals surface area contributed by atoms with E-state index in [1.807, 2.05) is 44.2 Å². The number of benzene rings is 1. The molecular formula is C14H17N3O4. The highest BCUT2D eigenvalue weighted by Gasteiger charge is 2.23. The van der Waals surface area contributed by atoms with Crippen molar-refractivity contribution in [2.24, 2.45) is 5.92 Å². The summed E-state index contributed by atoms with van der Waals surface area (Å²) < 4.78 is 9.59. The van der Waals surface area contributed by atoms with Crippen molar-refractivity contribution in [1.82, 2.24) is 15.5 Å². The summed E-state index contributed by atoms with van der Waals surface area (Å²) in [5.74, 6) is -0.378. The van der Waals surface area contributed by atoms with Crippen LogP contribution in [0.3, 0.4) is 0 Å². The lowest BCUT2D eigenvalue weighted by atomic mass is 10.0. The van der Waals surface area contributed by atoms with Gasteiger partial charge in [-0.2, -0.15) is 0 Å². The summed E-state index contributed by atoms with van der Waals surface area (Å²) in [6.07, 6.45) is -0.582. The van der Waals surface area contributed by atoms with Crippen molar-refractivity contribution in [2.45, 2.75) is 26.5 Å². The van der Waals surface area contributed by atoms with Crippen LogP contribution in [0, 0.1) is 5.92 Å². The molecule has 0 saturated carbocycles. The Balaban J connectivity index is 1.94. The summed E-state index contributed by atoms with van der Waals surface area (Å²) in [5.41, 5.74) is 0.892. The lowest BCUT2D eigenvalue weighted by molar-refractivity contribution is 0.132. The van der Waals surface area contributed by atoms with E-state index in [4.69, 9.17) is 4.74 Å². The molecule has 2 N–H and O–H groups in total. The van der Waals surface area contributed by atoms with Gasteiger partial charge in [0.05, 0.1) is 6.04 Å². The van der Waals surface area contributed by atoms with Gasteiger partial charge in [0, 0.05) is 0 Å². The number of rotatable bonds is 5. The SMILES string of the molecule is CC(C)[C@H](NC(=O)OCc1ccccc1)c1noc(=O)[nH]1. The van der Waals surface area contributed by atoms with Gasteiger partial charge < -0.3 is 10.1 Å². The number of amides is 1. The number of alkyl carbamates (subject to hydrolysis) is 1. The Hall–Kier alpha value is -2.57. The first-order valence-corrected chi connectivity index (χ1v) is 6.59. The Morgan fingerprint density at radius 2 is 2.10 bits per heavy atom. The molecule has 0 saturated heterocycles. The fourth-order valence-corrected chi connectivity index (χ4v) is 1.82. The van der Waals surface area contributed by atoms with Crippen LogP contribution in [0.5, 0.6) is 0 Å². The van der Waals surface area contributed by atoms with Crippen LogP contribution in [0.2, 0.25) is 0 Å². The molecule has 1 amide bonds. The molecular weight excluding hydrogens is 274 g/mol. The van der Waals surface area contributed by atoms with Crippen molar-refractivity contribution in [3.8, 4) is 0 Å². The Labute approximate surface area is 121 Å². The third kappa shape index (κ3) is 4.20. The van der Waals surface area contributed by atoms with E-state index >= 15 is 0 Å². The van der Waals surface area contributed by atoms with Gasteiger partial charge in [0.25, 0.3) is 0 Å². The summed E-state index contributed by atoms with van der Waals surface area (Å²) in [4.78, 5) is 25.2. The summed E-state index contributed by atoms with van der Waals surface area (Å²) in [5, 5.41) is 6.26. The molecule has 2 rings (SSSR count). The van der Waals surface area contributed by atoms with Gasteiger partial charge in [-0.3, -0.25) is 9.51 Å². The molecule has 7 nitrogen and oxygen atoms in total. The van der Waals surface area contributed by atoms with Crippen LogP contribution in [0.15, 0.2) is 39.6 Å². The maximum atomic E-state index is 11.8. The van der Waals surface area contributed by atoms with E-state index in [9.17, 15) is 9.59 Å². The van der Waals surface area contributed by atoms with Crippen molar-refractivity contribution in [2.75, 3.05) is 0 Å². The van der Waals surface area contributed by atoms with E-state index in [2.05, 4.69) is 20.0 Å². The third-order valence-corrected chi connectivity index (χ3v) is 2.90. The van der Waals surface area contributed by atoms with Crippen LogP contribution in [0.4, 0.5) is 4.79 Å². The molecule has 0 aliphatic rings. The Morgan fingerprint density at radius 1 is 1.38 bits per heavy atom. The van der Waals surface area contributed by atoms with E-state index < -0.39 is 17.9 Å². The highest BCUT2D eigenvalue weighted by Crippen LogP contribution is 2.17. The van der Waals surface area contributed by atoms with Crippen LogP contribution in [0.1, 0.15) is 31.3 Å². The summed E-state index contributed by atoms with van der Waals surface area (Å²) in [6, 6.07) is 8.87. The molecule has 0 spiro atoms. The first kappa shape index (κ1) is 14.8. The molecule has 0 unspecified atom stereocenters. The minimum absolute atomic E-state index is 0.00928. The summed E-state index contributed by atoms with van der Waals surface area (Å²) >= 11 is 0. The van der Waals surface area contributed by atoms with Crippen LogP contribution in [0.25, 0.3) is 0 Å². The molecule has 0 aliphatic heterocycles. The molecule has 0 bridgehead atoms. The number of aromatic nitrogens is 2. The summed E-state index contributed by atoms with van der Waals surface area (Å²) in [6.45, 7) is 3.94. The van der Waals surface area contributed by atoms with Crippen LogP contribution in [-0.4, -0.2) is 16.2 Å². The fourth-order valence-electron chi connectivity index (χ4n) is 1.82. The van der Waals surface area contributed by atoms with Gasteiger partial charge in [-0.05, 0) is 11.5 Å². The van der Waals surface area contributed by atoms with Crippen LogP contribution in [-0.2, 0) is 11.3 Å². The van der Waals surface area contributed by atoms with E-state index in [0.717, 1.165) is 5.56 Å². The maximum Gasteiger partial charge on any atom is 0.438 e. The third-order valence-electron chi connectivity index (χ3n) is 2.90. The number of H-pyrrole nitrogens is 1. The van der Waals surface area contributed by atoms with E-state index in [1.165, 1.54) is 0 Å². The van der Waals surface area contributed by atoms with Crippen molar-refractivity contribution in [3.05, 3.63) is 52.3 Å². The molecule has 1 aromatic carbocycles. The van der Waals surface area contributed by atoms with E-state index in [-0.39, 0.29) is 18.3 Å². The van der Waals surface area contributed by atoms with Gasteiger partial charge in [-0.25, -0.2) is 9.59 Å². The average molecular weight is 291 g/mol.